The number of nitrogens with two attached hydrogens (primary N) is 4. The van der Waals surface area contributed by atoms with Crippen molar-refractivity contribution >= 4 is 41.1 Å². The zero-order valence-corrected chi connectivity index (χ0v) is 16.3. The fraction of sp³-hybridized carbons (Fsp3) is 0.0526. The van der Waals surface area contributed by atoms with E-state index < -0.39 is 0 Å². The second-order valence-electron chi connectivity index (χ2n) is 5.30. The molecule has 0 saturated heterocycles. The molecule has 0 aromatic heterocycles. The van der Waals surface area contributed by atoms with Crippen LogP contribution in [0.2, 0.25) is 0 Å². The highest BCUT2D eigenvalue weighted by atomic mass is 32.2. The van der Waals surface area contributed by atoms with Crippen molar-refractivity contribution in [2.75, 3.05) is 18.5 Å². The lowest BCUT2D eigenvalue weighted by molar-refractivity contribution is 1.36. The summed E-state index contributed by atoms with van der Waals surface area (Å²) in [6, 6.07) is 16.8. The molecule has 0 heterocycles. The fourth-order valence-corrected chi connectivity index (χ4v) is 3.78. The van der Waals surface area contributed by atoms with E-state index in [2.05, 4.69) is 11.1 Å². The zero-order valence-electron chi connectivity index (χ0n) is 14.7. The largest absolute Gasteiger partial charge is 0.398 e. The maximum Gasteiger partial charge on any atom is 0.103 e. The quantitative estimate of drug-likeness (QED) is 0.193. The van der Waals surface area contributed by atoms with Crippen molar-refractivity contribution in [1.82, 2.24) is 0 Å². The molecule has 8 heteroatoms. The molecule has 0 spiro atoms. The minimum Gasteiger partial charge on any atom is -0.398 e. The Morgan fingerprint density at radius 3 is 1.85 bits per heavy atom. The van der Waals surface area contributed by atoms with Crippen LogP contribution in [0.1, 0.15) is 0 Å². The molecular formula is C19H20N6S2. The van der Waals surface area contributed by atoms with Crippen LogP contribution in [0, 0.1) is 11.3 Å². The van der Waals surface area contributed by atoms with E-state index in [1.807, 2.05) is 36.4 Å². The molecule has 0 unspecified atom stereocenters. The van der Waals surface area contributed by atoms with Crippen molar-refractivity contribution in [3.8, 4) is 6.07 Å². The first-order valence-electron chi connectivity index (χ1n) is 7.84. The number of allylic oxidation sites excluding steroid dienone is 2. The Labute approximate surface area is 167 Å². The van der Waals surface area contributed by atoms with Gasteiger partial charge in [-0.3, -0.25) is 4.99 Å². The molecule has 0 bridgehead atoms. The van der Waals surface area contributed by atoms with Gasteiger partial charge in [-0.2, -0.15) is 5.26 Å². The number of hydrogen-bond donors (Lipinski definition) is 4. The minimum absolute atomic E-state index is 0.230. The van der Waals surface area contributed by atoms with Gasteiger partial charge in [0.2, 0.25) is 0 Å². The Hall–Kier alpha value is -3.02. The van der Waals surface area contributed by atoms with Gasteiger partial charge < -0.3 is 22.9 Å². The molecular weight excluding hydrogens is 376 g/mol. The maximum atomic E-state index is 9.69. The second-order valence-corrected chi connectivity index (χ2v) is 7.46. The number of thioether (sulfide) groups is 2. The van der Waals surface area contributed by atoms with Crippen molar-refractivity contribution < 1.29 is 0 Å². The molecule has 27 heavy (non-hydrogen) atoms. The number of hydrogen-bond acceptors (Lipinski definition) is 8. The van der Waals surface area contributed by atoms with E-state index in [9.17, 15) is 5.26 Å². The Balaban J connectivity index is 2.46. The molecule has 0 saturated carbocycles. The van der Waals surface area contributed by atoms with Gasteiger partial charge in [0.15, 0.2) is 0 Å². The van der Waals surface area contributed by atoms with Crippen LogP contribution in [0.4, 0.5) is 11.4 Å². The van der Waals surface area contributed by atoms with Gasteiger partial charge in [-0.15, -0.1) is 0 Å². The molecule has 138 valence electrons. The number of rotatable bonds is 6. The van der Waals surface area contributed by atoms with Gasteiger partial charge in [-0.25, -0.2) is 0 Å². The van der Waals surface area contributed by atoms with Crippen LogP contribution >= 0.6 is 23.5 Å². The zero-order chi connectivity index (χ0) is 19.8. The van der Waals surface area contributed by atoms with Gasteiger partial charge in [0.1, 0.15) is 6.07 Å². The van der Waals surface area contributed by atoms with E-state index in [0.717, 1.165) is 9.79 Å². The first kappa shape index (κ1) is 20.3. The van der Waals surface area contributed by atoms with E-state index >= 15 is 0 Å². The molecule has 0 radical (unpaired) electrons. The third-order valence-electron chi connectivity index (χ3n) is 3.43. The van der Waals surface area contributed by atoms with E-state index in [1.165, 1.54) is 29.7 Å². The van der Waals surface area contributed by atoms with Crippen LogP contribution in [-0.4, -0.2) is 13.3 Å². The third kappa shape index (κ3) is 5.23. The topological polar surface area (TPSA) is 140 Å². The van der Waals surface area contributed by atoms with E-state index in [1.54, 1.807) is 19.2 Å². The van der Waals surface area contributed by atoms with Crippen LogP contribution in [-0.2, 0) is 0 Å². The normalized spacial score (nSPS) is 13.0. The van der Waals surface area contributed by atoms with Gasteiger partial charge in [-0.05, 0) is 24.3 Å². The number of para-hydroxylation sites is 2. The van der Waals surface area contributed by atoms with Crippen LogP contribution in [0.3, 0.4) is 0 Å². The second kappa shape index (κ2) is 9.62. The predicted molar refractivity (Wildman–Crippen MR) is 116 cm³/mol. The van der Waals surface area contributed by atoms with E-state index in [4.69, 9.17) is 22.9 Å². The maximum absolute atomic E-state index is 9.69. The summed E-state index contributed by atoms with van der Waals surface area (Å²) in [5.41, 5.74) is 26.2. The predicted octanol–water partition coefficient (Wildman–Crippen LogP) is 3.30. The van der Waals surface area contributed by atoms with Crippen molar-refractivity contribution in [1.29, 1.82) is 5.26 Å². The molecule has 8 N–H and O–H groups in total. The molecule has 2 aromatic rings. The highest BCUT2D eigenvalue weighted by molar-refractivity contribution is 8.03. The summed E-state index contributed by atoms with van der Waals surface area (Å²) >= 11 is 2.46. The van der Waals surface area contributed by atoms with Gasteiger partial charge in [0, 0.05) is 40.0 Å². The van der Waals surface area contributed by atoms with Crippen molar-refractivity contribution in [3.63, 3.8) is 0 Å². The standard InChI is InChI=1S/C19H20N6S2/c1-25-11-13(19(24)27-17-9-5-3-7-15(17)22)12(10-20)18(23)26-16-8-4-2-6-14(16)21/h2-9,11H,21-24H2,1H3/b18-12+,19-13+,25-11+. The molecule has 0 aliphatic heterocycles. The summed E-state index contributed by atoms with van der Waals surface area (Å²) in [4.78, 5) is 5.56. The number of nitrogen functional groups attached to an aromatic ring is 2. The molecule has 0 amide bonds. The molecule has 6 nitrogen and oxygen atoms in total. The average molecular weight is 397 g/mol. The first-order chi connectivity index (χ1) is 13.0. The van der Waals surface area contributed by atoms with Crippen LogP contribution in [0.15, 0.2) is 84.5 Å². The highest BCUT2D eigenvalue weighted by Crippen LogP contribution is 2.35. The highest BCUT2D eigenvalue weighted by Gasteiger charge is 2.15. The number of aliphatic imine (C=N–C) groups is 1. The first-order valence-corrected chi connectivity index (χ1v) is 9.48. The van der Waals surface area contributed by atoms with Crippen LogP contribution in [0.25, 0.3) is 0 Å². The number of benzene rings is 2. The van der Waals surface area contributed by atoms with E-state index in [-0.39, 0.29) is 10.6 Å². The Kier molecular flexibility index (Phi) is 7.23. The molecule has 0 aliphatic rings. The summed E-state index contributed by atoms with van der Waals surface area (Å²) in [7, 11) is 1.60. The Morgan fingerprint density at radius 2 is 1.41 bits per heavy atom. The van der Waals surface area contributed by atoms with Gasteiger partial charge in [0.05, 0.1) is 15.6 Å². The van der Waals surface area contributed by atoms with Crippen LogP contribution in [0.5, 0.6) is 0 Å². The van der Waals surface area contributed by atoms with Crippen molar-refractivity contribution in [2.24, 2.45) is 16.5 Å². The molecule has 2 rings (SSSR count). The lowest BCUT2D eigenvalue weighted by atomic mass is 10.1. The van der Waals surface area contributed by atoms with Gasteiger partial charge in [-0.1, -0.05) is 47.8 Å². The van der Waals surface area contributed by atoms with Crippen LogP contribution < -0.4 is 22.9 Å². The molecule has 0 fully saturated rings. The van der Waals surface area contributed by atoms with E-state index in [0.29, 0.717) is 22.0 Å². The van der Waals surface area contributed by atoms with Crippen molar-refractivity contribution in [3.05, 3.63) is 69.7 Å². The Bertz CT molecular complexity index is 957. The SMILES string of the molecule is C/N=C/C(=C(/N)Sc1ccccc1N)C(/C#N)=C(\N)Sc1ccccc1N. The summed E-state index contributed by atoms with van der Waals surface area (Å²) in [6.07, 6.45) is 1.52. The monoisotopic (exact) mass is 396 g/mol. The van der Waals surface area contributed by atoms with Crippen molar-refractivity contribution in [2.45, 2.75) is 9.79 Å². The molecule has 2 aromatic carbocycles. The third-order valence-corrected chi connectivity index (χ3v) is 5.48. The number of anilines is 2. The smallest absolute Gasteiger partial charge is 0.103 e. The summed E-state index contributed by atoms with van der Waals surface area (Å²) < 4.78 is 0. The number of nitrogens with zero attached hydrogens (tertiary/aromatic N) is 2. The minimum atomic E-state index is 0.230. The number of nitriles is 1. The average Bonchev–Trinajstić information content (AvgIpc) is 2.65. The van der Waals surface area contributed by atoms with Gasteiger partial charge in [0.25, 0.3) is 0 Å². The summed E-state index contributed by atoms with van der Waals surface area (Å²) in [5.74, 6) is 0. The summed E-state index contributed by atoms with van der Waals surface area (Å²) in [6.45, 7) is 0. The molecule has 0 aliphatic carbocycles. The van der Waals surface area contributed by atoms with Gasteiger partial charge >= 0.3 is 0 Å². The lowest BCUT2D eigenvalue weighted by Crippen LogP contribution is -2.08. The summed E-state index contributed by atoms with van der Waals surface area (Å²) in [5, 5.41) is 10.4. The fourth-order valence-electron chi connectivity index (χ4n) is 2.12. The lowest BCUT2D eigenvalue weighted by Gasteiger charge is -2.11. The Morgan fingerprint density at radius 1 is 0.926 bits per heavy atom. The molecule has 0 atom stereocenters.